The van der Waals surface area contributed by atoms with E-state index < -0.39 is 57.7 Å². The van der Waals surface area contributed by atoms with Crippen LogP contribution in [-0.2, 0) is 30.1 Å². The number of carbonyl (C=O) groups is 4. The Hall–Kier alpha value is -5.90. The Balaban J connectivity index is 0.852. The molecule has 2 aliphatic heterocycles. The van der Waals surface area contributed by atoms with Crippen LogP contribution in [0.25, 0.3) is 11.3 Å². The number of aryl methyl sites for hydroxylation is 1. The zero-order valence-electron chi connectivity index (χ0n) is 41.2. The van der Waals surface area contributed by atoms with Crippen LogP contribution in [0.1, 0.15) is 108 Å². The number of thiol groups is 1. The number of nitriles is 1. The fourth-order valence-electron chi connectivity index (χ4n) is 9.90. The SMILES string of the molecule is Cc1ncoc1-c1ccc([C@H](C)NC(=O)[C@@H]2C[C@@H](O)CN2C(=O)[C@@H](CC(=O)COCC2CCC(COc3ccc(N4C(S)N(c5ccc(C#N)c(C(F)(F)F)c5)C(=O)C4(C)C)cc3)CC2)C(C)(C)C)cc1. The maximum atomic E-state index is 14.2. The molecule has 5 atom stereocenters. The molecular formula is C53H63F3N6O8S. The van der Waals surface area contributed by atoms with Gasteiger partial charge in [-0.3, -0.25) is 24.1 Å². The van der Waals surface area contributed by atoms with Crippen molar-refractivity contribution in [2.24, 2.45) is 23.2 Å². The normalized spacial score (nSPS) is 22.3. The number of nitrogens with zero attached hydrogens (tertiary/aromatic N) is 5. The summed E-state index contributed by atoms with van der Waals surface area (Å²) in [7, 11) is 0. The molecule has 18 heteroatoms. The Labute approximate surface area is 418 Å². The van der Waals surface area contributed by atoms with Crippen molar-refractivity contribution < 1.29 is 51.3 Å². The number of anilines is 2. The van der Waals surface area contributed by atoms with Gasteiger partial charge in [0.2, 0.25) is 11.8 Å². The zero-order chi connectivity index (χ0) is 51.6. The molecule has 1 aliphatic carbocycles. The largest absolute Gasteiger partial charge is 0.493 e. The number of rotatable bonds is 16. The fourth-order valence-corrected chi connectivity index (χ4v) is 10.6. The number of β-amino-alcohol motifs (C(OH)–C–C–N with tert-alkyl or cyclic N) is 1. The molecular weight excluding hydrogens is 938 g/mol. The first-order chi connectivity index (χ1) is 33.5. The lowest BCUT2D eigenvalue weighted by molar-refractivity contribution is -0.147. The number of hydrogen-bond acceptors (Lipinski definition) is 12. The molecule has 3 aromatic carbocycles. The van der Waals surface area contributed by atoms with E-state index in [4.69, 9.17) is 13.9 Å². The standard InChI is InChI=1S/C53H63F3N6O8S/c1-31(35-12-14-36(15-13-35)46-32(2)58-30-70-46)59-47(65)45-24-40(63)26-60(45)48(66)44(51(3,4)5)23-41(64)29-68-27-33-8-10-34(11-9-33)28-69-42-20-18-38(19-21-42)62-50(71)61(49(67)52(62,6)7)39-17-16-37(25-57)43(22-39)53(54,55)56/h12-22,30-31,33-34,40,44-45,50,63,71H,8-11,23-24,26-29H2,1-7H3,(H,59,65)/t31-,33?,34?,40+,44+,45-,50?/m0/s1. The highest BCUT2D eigenvalue weighted by Crippen LogP contribution is 2.43. The van der Waals surface area contributed by atoms with Gasteiger partial charge in [0.25, 0.3) is 5.91 Å². The molecule has 1 unspecified atom stereocenters. The van der Waals surface area contributed by atoms with E-state index in [0.717, 1.165) is 54.6 Å². The van der Waals surface area contributed by atoms with E-state index >= 15 is 0 Å². The third-order valence-corrected chi connectivity index (χ3v) is 14.6. The average Bonchev–Trinajstić information content (AvgIpc) is 3.99. The quantitative estimate of drug-likeness (QED) is 0.0913. The van der Waals surface area contributed by atoms with Gasteiger partial charge >= 0.3 is 6.18 Å². The first kappa shape index (κ1) is 52.9. The van der Waals surface area contributed by atoms with Crippen molar-refractivity contribution in [3.8, 4) is 23.1 Å². The maximum Gasteiger partial charge on any atom is 0.417 e. The molecule has 380 valence electrons. The summed E-state index contributed by atoms with van der Waals surface area (Å²) in [6.07, 6.45) is -0.664. The summed E-state index contributed by atoms with van der Waals surface area (Å²) in [5.74, 6) is -0.285. The third-order valence-electron chi connectivity index (χ3n) is 14.1. The predicted molar refractivity (Wildman–Crippen MR) is 263 cm³/mol. The molecule has 2 saturated heterocycles. The van der Waals surface area contributed by atoms with Gasteiger partial charge in [0.05, 0.1) is 41.6 Å². The van der Waals surface area contributed by atoms with Crippen LogP contribution in [-0.4, -0.2) is 88.0 Å². The summed E-state index contributed by atoms with van der Waals surface area (Å²) in [6, 6.07) is 18.2. The summed E-state index contributed by atoms with van der Waals surface area (Å²) in [5, 5.41) is 22.9. The highest BCUT2D eigenvalue weighted by molar-refractivity contribution is 7.81. The second-order valence-corrected chi connectivity index (χ2v) is 21.1. The summed E-state index contributed by atoms with van der Waals surface area (Å²) < 4.78 is 59.0. The molecule has 3 fully saturated rings. The van der Waals surface area contributed by atoms with E-state index in [0.29, 0.717) is 36.3 Å². The van der Waals surface area contributed by atoms with Crippen molar-refractivity contribution in [1.82, 2.24) is 15.2 Å². The van der Waals surface area contributed by atoms with Gasteiger partial charge in [-0.2, -0.15) is 18.4 Å². The van der Waals surface area contributed by atoms with E-state index in [-0.39, 0.29) is 61.2 Å². The van der Waals surface area contributed by atoms with Gasteiger partial charge in [0.15, 0.2) is 23.4 Å². The van der Waals surface area contributed by atoms with Crippen LogP contribution >= 0.6 is 12.6 Å². The van der Waals surface area contributed by atoms with Gasteiger partial charge in [0.1, 0.15) is 23.9 Å². The summed E-state index contributed by atoms with van der Waals surface area (Å²) in [4.78, 5) is 63.4. The Bertz CT molecular complexity index is 2600. The van der Waals surface area contributed by atoms with Gasteiger partial charge in [0, 0.05) is 48.8 Å². The van der Waals surface area contributed by atoms with E-state index in [9.17, 15) is 42.7 Å². The van der Waals surface area contributed by atoms with Crippen LogP contribution < -0.4 is 19.9 Å². The number of Topliss-reactive ketones (excluding diaryl/α,β-unsaturated/α-hetero) is 1. The number of aromatic nitrogens is 1. The molecule has 3 heterocycles. The minimum atomic E-state index is -4.79. The second-order valence-electron chi connectivity index (χ2n) is 20.7. The van der Waals surface area contributed by atoms with E-state index in [2.05, 4.69) is 22.9 Å². The highest BCUT2D eigenvalue weighted by atomic mass is 32.1. The Morgan fingerprint density at radius 1 is 0.986 bits per heavy atom. The van der Waals surface area contributed by atoms with Gasteiger partial charge in [-0.05, 0) is 119 Å². The Kier molecular flexibility index (Phi) is 16.0. The number of benzene rings is 3. The van der Waals surface area contributed by atoms with Crippen molar-refractivity contribution in [2.75, 3.05) is 36.2 Å². The first-order valence-corrected chi connectivity index (χ1v) is 24.5. The molecule has 0 bridgehead atoms. The van der Waals surface area contributed by atoms with Crippen molar-refractivity contribution in [1.29, 1.82) is 5.26 Å². The summed E-state index contributed by atoms with van der Waals surface area (Å²) >= 11 is 4.68. The molecule has 1 aromatic heterocycles. The predicted octanol–water partition coefficient (Wildman–Crippen LogP) is 9.05. The highest BCUT2D eigenvalue weighted by Gasteiger charge is 2.52. The van der Waals surface area contributed by atoms with Crippen LogP contribution in [0.5, 0.6) is 5.75 Å². The minimum Gasteiger partial charge on any atom is -0.493 e. The van der Waals surface area contributed by atoms with Crippen molar-refractivity contribution in [3.05, 3.63) is 95.5 Å². The molecule has 71 heavy (non-hydrogen) atoms. The molecule has 14 nitrogen and oxygen atoms in total. The summed E-state index contributed by atoms with van der Waals surface area (Å²) in [6.45, 7) is 13.5. The topological polar surface area (TPSA) is 179 Å². The van der Waals surface area contributed by atoms with E-state index in [1.54, 1.807) is 49.1 Å². The molecule has 4 aromatic rings. The number of halogens is 3. The maximum absolute atomic E-state index is 14.2. The number of ketones is 1. The van der Waals surface area contributed by atoms with Crippen LogP contribution in [0.2, 0.25) is 0 Å². The molecule has 3 amide bonds. The minimum absolute atomic E-state index is 0.00516. The van der Waals surface area contributed by atoms with Crippen LogP contribution in [0, 0.1) is 41.4 Å². The fraction of sp³-hybridized carbons (Fsp3) is 0.509. The Morgan fingerprint density at radius 2 is 1.62 bits per heavy atom. The number of amides is 3. The number of oxazole rings is 1. The molecule has 3 aliphatic rings. The monoisotopic (exact) mass is 1000 g/mol. The lowest BCUT2D eigenvalue weighted by atomic mass is 9.77. The van der Waals surface area contributed by atoms with E-state index in [1.165, 1.54) is 22.3 Å². The smallest absolute Gasteiger partial charge is 0.417 e. The number of ether oxygens (including phenoxy) is 2. The number of alkyl halides is 3. The second kappa shape index (κ2) is 21.4. The molecule has 0 spiro atoms. The van der Waals surface area contributed by atoms with Gasteiger partial charge < -0.3 is 34.1 Å². The third kappa shape index (κ3) is 11.9. The van der Waals surface area contributed by atoms with Crippen molar-refractivity contribution in [3.63, 3.8) is 0 Å². The average molecular weight is 1000 g/mol. The first-order valence-electron chi connectivity index (χ1n) is 24.0. The number of aliphatic hydroxyl groups is 1. The Morgan fingerprint density at radius 3 is 2.21 bits per heavy atom. The van der Waals surface area contributed by atoms with Crippen LogP contribution in [0.3, 0.4) is 0 Å². The lowest BCUT2D eigenvalue weighted by Crippen LogP contribution is -2.50. The van der Waals surface area contributed by atoms with E-state index in [1.807, 2.05) is 58.9 Å². The molecule has 1 saturated carbocycles. The van der Waals surface area contributed by atoms with Crippen molar-refractivity contribution in [2.45, 2.75) is 122 Å². The molecule has 0 radical (unpaired) electrons. The lowest BCUT2D eigenvalue weighted by Gasteiger charge is -2.35. The molecule has 7 rings (SSSR count). The molecule has 2 N–H and O–H groups in total. The number of hydrogen-bond donors (Lipinski definition) is 3. The van der Waals surface area contributed by atoms with Crippen LogP contribution in [0.15, 0.2) is 77.5 Å². The van der Waals surface area contributed by atoms with Gasteiger partial charge in [-0.25, -0.2) is 4.98 Å². The number of likely N-dealkylation sites (tertiary alicyclic amines) is 1. The summed E-state index contributed by atoms with van der Waals surface area (Å²) in [5.41, 5.74) is -1.30. The number of carbonyl (C=O) groups excluding carboxylic acids is 4. The van der Waals surface area contributed by atoms with Gasteiger partial charge in [-0.1, -0.05) is 45.0 Å². The van der Waals surface area contributed by atoms with Crippen LogP contribution in [0.4, 0.5) is 24.5 Å². The number of aliphatic hydroxyl groups excluding tert-OH is 1. The van der Waals surface area contributed by atoms with Crippen molar-refractivity contribution >= 4 is 47.5 Å². The number of nitrogens with one attached hydrogen (secondary N) is 1. The van der Waals surface area contributed by atoms with Gasteiger partial charge in [-0.15, -0.1) is 12.6 Å². The zero-order valence-corrected chi connectivity index (χ0v) is 42.1.